The highest BCUT2D eigenvalue weighted by Crippen LogP contribution is 2.41. The van der Waals surface area contributed by atoms with Gasteiger partial charge < -0.3 is 80.6 Å². The maximum atomic E-state index is 14.3. The summed E-state index contributed by atoms with van der Waals surface area (Å²) in [6.45, 7) is -6.04. The third-order valence-electron chi connectivity index (χ3n) is 9.20. The average molecular weight is 1610 g/mol. The van der Waals surface area contributed by atoms with E-state index in [1.54, 1.807) is 45.2 Å². The lowest BCUT2D eigenvalue weighted by molar-refractivity contribution is -0.123. The molecule has 2 rings (SSSR count). The zero-order chi connectivity index (χ0) is 50.3. The number of carbonyl (C=O) groups is 6. The first-order valence-corrected chi connectivity index (χ1v) is 25.7. The van der Waals surface area contributed by atoms with Crippen molar-refractivity contribution in [1.29, 1.82) is 0 Å². The van der Waals surface area contributed by atoms with Crippen LogP contribution in [0, 0.1) is 21.4 Å². The van der Waals surface area contributed by atoms with E-state index in [-0.39, 0.29) is 68.1 Å². The Hall–Kier alpha value is -0.760. The van der Waals surface area contributed by atoms with Crippen molar-refractivity contribution in [3.8, 4) is 0 Å². The minimum absolute atomic E-state index is 0.0135. The van der Waals surface area contributed by atoms with Gasteiger partial charge in [-0.1, -0.05) is 0 Å². The van der Waals surface area contributed by atoms with Crippen LogP contribution in [-0.2, 0) is 19.1 Å². The largest absolute Gasteiger partial charge is 0.394 e. The van der Waals surface area contributed by atoms with Gasteiger partial charge in [-0.15, -0.1) is 0 Å². The number of ether oxygens (including phenoxy) is 2. The van der Waals surface area contributed by atoms with Crippen LogP contribution in [0.25, 0.3) is 0 Å². The number of hydrogen-bond donors (Lipinski definition) is 10. The van der Waals surface area contributed by atoms with E-state index in [0.29, 0.717) is 0 Å². The molecule has 2 aromatic carbocycles. The lowest BCUT2D eigenvalue weighted by atomic mass is 10.0. The van der Waals surface area contributed by atoms with Gasteiger partial charge in [0.15, 0.2) is 0 Å². The van der Waals surface area contributed by atoms with E-state index in [0.717, 1.165) is 9.80 Å². The molecule has 10 N–H and O–H groups in total. The second-order valence-electron chi connectivity index (χ2n) is 14.2. The number of methoxy groups -OCH3 is 2. The Morgan fingerprint density at radius 1 is 0.500 bits per heavy atom. The molecule has 0 saturated heterocycles. The number of amides is 6. The molecule has 4 unspecified atom stereocenters. The Kier molecular flexibility index (Phi) is 27.5. The molecule has 0 saturated carbocycles. The Morgan fingerprint density at radius 2 is 0.788 bits per heavy atom. The van der Waals surface area contributed by atoms with Crippen LogP contribution in [-0.4, -0.2) is 218 Å². The summed E-state index contributed by atoms with van der Waals surface area (Å²) in [6, 6.07) is 0. The third-order valence-corrected chi connectivity index (χ3v) is 15.6. The molecule has 0 bridgehead atoms. The van der Waals surface area contributed by atoms with Gasteiger partial charge in [-0.3, -0.25) is 28.8 Å². The van der Waals surface area contributed by atoms with Gasteiger partial charge in [-0.2, -0.15) is 0 Å². The number of nitrogens with zero attached hydrogens (tertiary/aromatic N) is 4. The average Bonchev–Trinajstić information content (AvgIpc) is 3.27. The fourth-order valence-corrected chi connectivity index (χ4v) is 15.3. The van der Waals surface area contributed by atoms with Crippen LogP contribution in [0.2, 0.25) is 0 Å². The van der Waals surface area contributed by atoms with Crippen molar-refractivity contribution in [2.24, 2.45) is 0 Å². The molecule has 28 heteroatoms. The van der Waals surface area contributed by atoms with E-state index in [1.807, 2.05) is 90.4 Å². The number of rotatable bonds is 25. The molecule has 2 aromatic rings. The smallest absolute Gasteiger partial charge is 0.255 e. The van der Waals surface area contributed by atoms with Crippen molar-refractivity contribution in [2.75, 3.05) is 117 Å². The first kappa shape index (κ1) is 61.4. The number of halogens is 6. The topological polar surface area (TPSA) is 320 Å². The highest BCUT2D eigenvalue weighted by atomic mass is 127. The number of carbonyl (C=O) groups excluding carboxylic acids is 6. The number of benzene rings is 2. The van der Waals surface area contributed by atoms with Gasteiger partial charge in [-0.05, 0) is 136 Å². The second-order valence-corrected chi connectivity index (χ2v) is 20.6. The van der Waals surface area contributed by atoms with Crippen LogP contribution >= 0.6 is 136 Å². The molecule has 4 atom stereocenters. The number of aliphatic hydroxyl groups is 8. The van der Waals surface area contributed by atoms with Gasteiger partial charge in [0.1, 0.15) is 13.2 Å². The molecular formula is C38H50I6N6O16. The number of hydrogen-bond acceptors (Lipinski definition) is 16. The predicted octanol–water partition coefficient (Wildman–Crippen LogP) is -1.01. The standard InChI is InChI=1S/C38H50I6N6O16/c1-47(9-19(57)13-53)37(63)25-27(39)23(35(61)45-7-17(55)11-51)29(41)33(31(25)43)49(21(59)15-65-3)5-6-50(22(60)16-66-4)34-30(42)24(36(62)46-8-18(56)12-52)28(40)26(32(34)44)38(64)48(2)10-20(58)14-54/h17-20,51-58H,5-16H2,1-4H3,(H,45,61)(H,46,62). The number of nitrogens with one attached hydrogen (secondary N) is 2. The van der Waals surface area contributed by atoms with Crippen molar-refractivity contribution in [2.45, 2.75) is 24.4 Å². The van der Waals surface area contributed by atoms with Crippen molar-refractivity contribution in [3.63, 3.8) is 0 Å². The van der Waals surface area contributed by atoms with Gasteiger partial charge in [0.25, 0.3) is 35.4 Å². The van der Waals surface area contributed by atoms with E-state index in [2.05, 4.69) is 10.6 Å². The monoisotopic (exact) mass is 1610 g/mol. The molecule has 0 fully saturated rings. The van der Waals surface area contributed by atoms with Gasteiger partial charge in [0.05, 0.1) is 98.8 Å². The summed E-state index contributed by atoms with van der Waals surface area (Å²) in [5.74, 6) is -4.47. The molecule has 0 aliphatic rings. The van der Waals surface area contributed by atoms with Gasteiger partial charge >= 0.3 is 0 Å². The summed E-state index contributed by atoms with van der Waals surface area (Å²) in [5, 5.41) is 83.4. The summed E-state index contributed by atoms with van der Waals surface area (Å²) in [5.41, 5.74) is -0.366. The van der Waals surface area contributed by atoms with E-state index in [9.17, 15) is 69.6 Å². The van der Waals surface area contributed by atoms with Crippen molar-refractivity contribution >= 4 is 182 Å². The normalized spacial score (nSPS) is 13.1. The molecule has 0 aromatic heterocycles. The first-order chi connectivity index (χ1) is 31.0. The van der Waals surface area contributed by atoms with E-state index in [4.69, 9.17) is 9.47 Å². The maximum absolute atomic E-state index is 14.3. The minimum atomic E-state index is -1.34. The Labute approximate surface area is 461 Å². The summed E-state index contributed by atoms with van der Waals surface area (Å²) in [6.07, 6.45) is -5.34. The van der Waals surface area contributed by atoms with Crippen molar-refractivity contribution < 1.29 is 79.1 Å². The molecule has 0 spiro atoms. The molecule has 0 aliphatic carbocycles. The molecule has 0 heterocycles. The fraction of sp³-hybridized carbons (Fsp3) is 0.526. The first-order valence-electron chi connectivity index (χ1n) is 19.2. The molecule has 22 nitrogen and oxygen atoms in total. The molecule has 370 valence electrons. The summed E-state index contributed by atoms with van der Waals surface area (Å²) < 4.78 is 11.3. The maximum Gasteiger partial charge on any atom is 0.255 e. The van der Waals surface area contributed by atoms with Gasteiger partial charge in [0.2, 0.25) is 0 Å². The zero-order valence-electron chi connectivity index (χ0n) is 35.7. The molecular weight excluding hydrogens is 1560 g/mol. The minimum Gasteiger partial charge on any atom is -0.394 e. The quantitative estimate of drug-likeness (QED) is 0.0533. The van der Waals surface area contributed by atoms with E-state index >= 15 is 0 Å². The van der Waals surface area contributed by atoms with Crippen molar-refractivity contribution in [3.05, 3.63) is 43.7 Å². The summed E-state index contributed by atoms with van der Waals surface area (Å²) in [7, 11) is 5.23. The molecule has 0 aliphatic heterocycles. The summed E-state index contributed by atoms with van der Waals surface area (Å²) >= 11 is 10.9. The SMILES string of the molecule is COCC(=O)N(CCN(C(=O)COC)c1c(I)c(C(=O)NCC(O)CO)c(I)c(C(=O)N(C)CC(O)CO)c1I)c1c(I)c(C(=O)NCC(O)CO)c(I)c(C(=O)N(C)CC(O)CO)c1I. The van der Waals surface area contributed by atoms with Gasteiger partial charge in [-0.25, -0.2) is 0 Å². The number of aliphatic hydroxyl groups excluding tert-OH is 8. The lowest BCUT2D eigenvalue weighted by Gasteiger charge is -2.33. The Balaban J connectivity index is 3.11. The molecule has 66 heavy (non-hydrogen) atoms. The Morgan fingerprint density at radius 3 is 1.06 bits per heavy atom. The van der Waals surface area contributed by atoms with Crippen LogP contribution in [0.15, 0.2) is 0 Å². The number of anilines is 2. The van der Waals surface area contributed by atoms with Crippen LogP contribution in [0.4, 0.5) is 11.4 Å². The van der Waals surface area contributed by atoms with E-state index < -0.39 is 126 Å². The number of likely N-dealkylation sites (N-methyl/N-ethyl adjacent to an activating group) is 2. The molecule has 6 amide bonds. The third kappa shape index (κ3) is 15.9. The second kappa shape index (κ2) is 29.6. The van der Waals surface area contributed by atoms with Crippen LogP contribution in [0.5, 0.6) is 0 Å². The van der Waals surface area contributed by atoms with Crippen molar-refractivity contribution in [1.82, 2.24) is 20.4 Å². The van der Waals surface area contributed by atoms with Crippen LogP contribution < -0.4 is 20.4 Å². The highest BCUT2D eigenvalue weighted by molar-refractivity contribution is 14.1. The summed E-state index contributed by atoms with van der Waals surface area (Å²) in [4.78, 5) is 89.5. The molecule has 0 radical (unpaired) electrons. The van der Waals surface area contributed by atoms with E-state index in [1.165, 1.54) is 38.1 Å². The highest BCUT2D eigenvalue weighted by Gasteiger charge is 2.37. The van der Waals surface area contributed by atoms with Gasteiger partial charge in [0, 0.05) is 74.7 Å². The fourth-order valence-electron chi connectivity index (χ4n) is 5.90. The van der Waals surface area contributed by atoms with Crippen LogP contribution in [0.1, 0.15) is 41.4 Å². The Bertz CT molecular complexity index is 1950. The zero-order valence-corrected chi connectivity index (χ0v) is 48.6. The van der Waals surface area contributed by atoms with Crippen LogP contribution in [0.3, 0.4) is 0 Å². The lowest BCUT2D eigenvalue weighted by Crippen LogP contribution is -2.46. The predicted molar refractivity (Wildman–Crippen MR) is 289 cm³/mol.